The number of sulfonamides is 1. The summed E-state index contributed by atoms with van der Waals surface area (Å²) in [4.78, 5) is 12.3. The smallest absolute Gasteiger partial charge is 0.238 e. The summed E-state index contributed by atoms with van der Waals surface area (Å²) in [6, 6.07) is 7.67. The number of amides is 1. The van der Waals surface area contributed by atoms with Crippen LogP contribution in [0, 0.1) is 13.8 Å². The standard InChI is InChI=1S/C18H23N7O3S2/c1-4-24-16(10-25-13(3)9-12(2)23-25)21-22-18(24)29-11-17(26)20-14-5-7-15(8-6-14)30(19,27)28/h5-9H,4,10-11H2,1-3H3,(H,20,26)(H2,19,27,28). The van der Waals surface area contributed by atoms with Gasteiger partial charge in [-0.2, -0.15) is 5.10 Å². The summed E-state index contributed by atoms with van der Waals surface area (Å²) in [6.07, 6.45) is 0. The Balaban J connectivity index is 1.62. The van der Waals surface area contributed by atoms with Crippen LogP contribution >= 0.6 is 11.8 Å². The minimum absolute atomic E-state index is 0.0129. The summed E-state index contributed by atoms with van der Waals surface area (Å²) in [5, 5.41) is 21.4. The molecule has 2 heterocycles. The van der Waals surface area contributed by atoms with Crippen molar-refractivity contribution in [2.75, 3.05) is 11.1 Å². The Morgan fingerprint density at radius 2 is 1.90 bits per heavy atom. The third kappa shape index (κ3) is 5.26. The zero-order valence-electron chi connectivity index (χ0n) is 16.9. The van der Waals surface area contributed by atoms with Crippen LogP contribution in [0.1, 0.15) is 24.1 Å². The Kier molecular flexibility index (Phi) is 6.58. The van der Waals surface area contributed by atoms with E-state index in [9.17, 15) is 13.2 Å². The van der Waals surface area contributed by atoms with Crippen LogP contribution in [0.2, 0.25) is 0 Å². The molecule has 0 aliphatic carbocycles. The summed E-state index contributed by atoms with van der Waals surface area (Å²) in [6.45, 7) is 7.09. The summed E-state index contributed by atoms with van der Waals surface area (Å²) in [5.41, 5.74) is 2.47. The average Bonchev–Trinajstić information content (AvgIpc) is 3.21. The molecule has 0 atom stereocenters. The predicted molar refractivity (Wildman–Crippen MR) is 114 cm³/mol. The fraction of sp³-hybridized carbons (Fsp3) is 0.333. The van der Waals surface area contributed by atoms with E-state index >= 15 is 0 Å². The molecular formula is C18H23N7O3S2. The van der Waals surface area contributed by atoms with E-state index in [2.05, 4.69) is 20.6 Å². The lowest BCUT2D eigenvalue weighted by atomic mass is 10.3. The maximum absolute atomic E-state index is 12.3. The first-order valence-electron chi connectivity index (χ1n) is 9.16. The van der Waals surface area contributed by atoms with Gasteiger partial charge in [-0.15, -0.1) is 10.2 Å². The molecule has 0 saturated carbocycles. The molecule has 12 heteroatoms. The minimum Gasteiger partial charge on any atom is -0.325 e. The summed E-state index contributed by atoms with van der Waals surface area (Å²) in [7, 11) is -3.76. The highest BCUT2D eigenvalue weighted by Gasteiger charge is 2.15. The minimum atomic E-state index is -3.76. The van der Waals surface area contributed by atoms with E-state index in [4.69, 9.17) is 5.14 Å². The number of nitrogens with one attached hydrogen (secondary N) is 1. The number of thioether (sulfide) groups is 1. The number of carbonyl (C=O) groups excluding carboxylic acids is 1. The average molecular weight is 450 g/mol. The second kappa shape index (κ2) is 8.98. The van der Waals surface area contributed by atoms with Crippen LogP contribution in [0.4, 0.5) is 5.69 Å². The Hall–Kier alpha value is -2.70. The normalized spacial score (nSPS) is 11.6. The van der Waals surface area contributed by atoms with Gasteiger partial charge in [0.25, 0.3) is 0 Å². The van der Waals surface area contributed by atoms with Gasteiger partial charge in [-0.3, -0.25) is 9.48 Å². The van der Waals surface area contributed by atoms with Crippen molar-refractivity contribution in [3.05, 3.63) is 47.5 Å². The number of aryl methyl sites for hydroxylation is 2. The van der Waals surface area contributed by atoms with Gasteiger partial charge in [-0.1, -0.05) is 11.8 Å². The molecule has 2 aromatic heterocycles. The molecule has 10 nitrogen and oxygen atoms in total. The highest BCUT2D eigenvalue weighted by molar-refractivity contribution is 7.99. The van der Waals surface area contributed by atoms with Crippen LogP contribution in [-0.4, -0.2) is 44.6 Å². The first-order valence-corrected chi connectivity index (χ1v) is 11.7. The van der Waals surface area contributed by atoms with Gasteiger partial charge in [0.1, 0.15) is 6.54 Å². The molecule has 1 aromatic carbocycles. The lowest BCUT2D eigenvalue weighted by Gasteiger charge is -2.09. The van der Waals surface area contributed by atoms with Gasteiger partial charge < -0.3 is 9.88 Å². The van der Waals surface area contributed by atoms with E-state index in [1.54, 1.807) is 0 Å². The van der Waals surface area contributed by atoms with Crippen LogP contribution in [0.3, 0.4) is 0 Å². The monoisotopic (exact) mass is 449 g/mol. The zero-order chi connectivity index (χ0) is 21.9. The highest BCUT2D eigenvalue weighted by Crippen LogP contribution is 2.19. The van der Waals surface area contributed by atoms with E-state index in [-0.39, 0.29) is 16.6 Å². The molecule has 0 saturated heterocycles. The Morgan fingerprint density at radius 3 is 2.47 bits per heavy atom. The van der Waals surface area contributed by atoms with Gasteiger partial charge in [0.15, 0.2) is 11.0 Å². The van der Waals surface area contributed by atoms with E-state index < -0.39 is 10.0 Å². The van der Waals surface area contributed by atoms with Gasteiger partial charge in [0.05, 0.1) is 16.3 Å². The largest absolute Gasteiger partial charge is 0.325 e. The lowest BCUT2D eigenvalue weighted by Crippen LogP contribution is -2.16. The SMILES string of the molecule is CCn1c(Cn2nc(C)cc2C)nnc1SCC(=O)Nc1ccc(S(N)(=O)=O)cc1. The number of anilines is 1. The van der Waals surface area contributed by atoms with Crippen molar-refractivity contribution in [3.63, 3.8) is 0 Å². The van der Waals surface area contributed by atoms with Crippen LogP contribution in [0.15, 0.2) is 40.4 Å². The number of hydrogen-bond donors (Lipinski definition) is 2. The molecule has 3 aromatic rings. The maximum atomic E-state index is 12.3. The molecule has 0 unspecified atom stereocenters. The van der Waals surface area contributed by atoms with Crippen molar-refractivity contribution in [2.24, 2.45) is 5.14 Å². The van der Waals surface area contributed by atoms with Crippen LogP contribution in [0.5, 0.6) is 0 Å². The second-order valence-electron chi connectivity index (χ2n) is 6.63. The predicted octanol–water partition coefficient (Wildman–Crippen LogP) is 1.54. The maximum Gasteiger partial charge on any atom is 0.238 e. The van der Waals surface area contributed by atoms with Gasteiger partial charge in [0.2, 0.25) is 15.9 Å². The van der Waals surface area contributed by atoms with E-state index in [0.717, 1.165) is 17.2 Å². The summed E-state index contributed by atoms with van der Waals surface area (Å²) in [5.74, 6) is 0.661. The number of primary sulfonamides is 1. The van der Waals surface area contributed by atoms with E-state index in [0.29, 0.717) is 23.9 Å². The number of hydrogen-bond acceptors (Lipinski definition) is 7. The first kappa shape index (κ1) is 22.0. The van der Waals surface area contributed by atoms with Gasteiger partial charge in [-0.25, -0.2) is 13.6 Å². The third-order valence-corrected chi connectivity index (χ3v) is 6.20. The Morgan fingerprint density at radius 1 is 1.20 bits per heavy atom. The second-order valence-corrected chi connectivity index (χ2v) is 9.14. The van der Waals surface area contributed by atoms with Gasteiger partial charge >= 0.3 is 0 Å². The number of aromatic nitrogens is 5. The third-order valence-electron chi connectivity index (χ3n) is 4.30. The number of benzene rings is 1. The fourth-order valence-electron chi connectivity index (χ4n) is 2.88. The number of nitrogens with zero attached hydrogens (tertiary/aromatic N) is 5. The summed E-state index contributed by atoms with van der Waals surface area (Å²) >= 11 is 1.28. The Labute approximate surface area is 178 Å². The molecule has 30 heavy (non-hydrogen) atoms. The molecule has 160 valence electrons. The van der Waals surface area contributed by atoms with Crippen molar-refractivity contribution < 1.29 is 13.2 Å². The lowest BCUT2D eigenvalue weighted by molar-refractivity contribution is -0.113. The fourth-order valence-corrected chi connectivity index (χ4v) is 4.22. The van der Waals surface area contributed by atoms with Crippen LogP contribution < -0.4 is 10.5 Å². The topological polar surface area (TPSA) is 138 Å². The molecular weight excluding hydrogens is 426 g/mol. The van der Waals surface area contributed by atoms with Crippen LogP contribution in [0.25, 0.3) is 0 Å². The molecule has 1 amide bonds. The Bertz CT molecular complexity index is 1150. The van der Waals surface area contributed by atoms with Crippen molar-refractivity contribution >= 4 is 33.4 Å². The molecule has 0 fully saturated rings. The zero-order valence-corrected chi connectivity index (χ0v) is 18.5. The molecule has 0 radical (unpaired) electrons. The molecule has 0 spiro atoms. The van der Waals surface area contributed by atoms with E-state index in [1.165, 1.54) is 36.0 Å². The highest BCUT2D eigenvalue weighted by atomic mass is 32.2. The van der Waals surface area contributed by atoms with E-state index in [1.807, 2.05) is 36.1 Å². The molecule has 0 aliphatic rings. The number of nitrogens with two attached hydrogens (primary N) is 1. The van der Waals surface area contributed by atoms with Gasteiger partial charge in [-0.05, 0) is 51.1 Å². The van der Waals surface area contributed by atoms with Gasteiger partial charge in [0, 0.05) is 17.9 Å². The first-order chi connectivity index (χ1) is 14.2. The quantitative estimate of drug-likeness (QED) is 0.497. The van der Waals surface area contributed by atoms with Crippen molar-refractivity contribution in [1.82, 2.24) is 24.5 Å². The van der Waals surface area contributed by atoms with Crippen molar-refractivity contribution in [1.29, 1.82) is 0 Å². The molecule has 0 bridgehead atoms. The summed E-state index contributed by atoms with van der Waals surface area (Å²) < 4.78 is 26.4. The van der Waals surface area contributed by atoms with Crippen molar-refractivity contribution in [3.8, 4) is 0 Å². The molecule has 3 rings (SSSR count). The van der Waals surface area contributed by atoms with Crippen molar-refractivity contribution in [2.45, 2.75) is 43.9 Å². The molecule has 0 aliphatic heterocycles. The van der Waals surface area contributed by atoms with Crippen LogP contribution in [-0.2, 0) is 27.9 Å². The number of carbonyl (C=O) groups is 1. The number of rotatable bonds is 8. The molecule has 3 N–H and O–H groups in total.